The number of nitrogens with zero attached hydrogens (tertiary/aromatic N) is 1. The van der Waals surface area contributed by atoms with Crippen LogP contribution in [-0.2, 0) is 13.0 Å². The summed E-state index contributed by atoms with van der Waals surface area (Å²) in [6.45, 7) is 2.34. The molecule has 5 nitrogen and oxygen atoms in total. The summed E-state index contributed by atoms with van der Waals surface area (Å²) in [7, 11) is 0. The van der Waals surface area contributed by atoms with Crippen molar-refractivity contribution in [2.24, 2.45) is 0 Å². The van der Waals surface area contributed by atoms with E-state index in [-0.39, 0.29) is 11.7 Å². The molecule has 21 heavy (non-hydrogen) atoms. The minimum Gasteiger partial charge on any atom is -0.493 e. The molecule has 0 bridgehead atoms. The summed E-state index contributed by atoms with van der Waals surface area (Å²) >= 11 is 9.25. The molecular weight excluding hydrogens is 360 g/mol. The second-order valence-corrected chi connectivity index (χ2v) is 6.21. The van der Waals surface area contributed by atoms with Crippen molar-refractivity contribution in [1.29, 1.82) is 0 Å². The Balaban J connectivity index is 2.13. The fourth-order valence-electron chi connectivity index (χ4n) is 2.42. The van der Waals surface area contributed by atoms with Gasteiger partial charge in [0.05, 0.1) is 13.2 Å². The molecule has 3 rings (SSSR count). The monoisotopic (exact) mass is 370 g/mol. The highest BCUT2D eigenvalue weighted by atomic mass is 79.9. The largest absolute Gasteiger partial charge is 0.493 e. The number of aromatic amines is 1. The van der Waals surface area contributed by atoms with E-state index in [4.69, 9.17) is 16.3 Å². The Morgan fingerprint density at radius 2 is 2.19 bits per heavy atom. The Morgan fingerprint density at radius 1 is 1.43 bits per heavy atom. The van der Waals surface area contributed by atoms with Gasteiger partial charge in [0.2, 0.25) is 0 Å². The van der Waals surface area contributed by atoms with Crippen LogP contribution in [0.4, 0.5) is 0 Å². The number of nitrogens with one attached hydrogen (secondary N) is 1. The Kier molecular flexibility index (Phi) is 3.67. The number of hydrogen-bond acceptors (Lipinski definition) is 3. The Morgan fingerprint density at radius 3 is 2.95 bits per heavy atom. The Labute approximate surface area is 133 Å². The Hall–Kier alpha value is -1.53. The van der Waals surface area contributed by atoms with Crippen molar-refractivity contribution < 1.29 is 4.74 Å². The van der Waals surface area contributed by atoms with Crippen molar-refractivity contribution in [1.82, 2.24) is 9.55 Å². The van der Waals surface area contributed by atoms with Crippen LogP contribution in [0.1, 0.15) is 16.7 Å². The number of rotatable bonds is 2. The van der Waals surface area contributed by atoms with Crippen molar-refractivity contribution >= 4 is 27.5 Å². The van der Waals surface area contributed by atoms with Gasteiger partial charge in [0, 0.05) is 22.0 Å². The first-order valence-corrected chi connectivity index (χ1v) is 7.58. The average molecular weight is 372 g/mol. The van der Waals surface area contributed by atoms with Gasteiger partial charge >= 0.3 is 5.69 Å². The number of aromatic nitrogens is 2. The standard InChI is InChI=1S/C14H12BrClN2O3/c1-7-12(16)17-14(20)18(13(7)19)6-9-5-10(15)4-8-2-3-21-11(8)9/h4-5H,2-3,6H2,1H3,(H,17,20). The highest BCUT2D eigenvalue weighted by Crippen LogP contribution is 2.33. The number of halogens is 2. The molecule has 2 heterocycles. The molecule has 1 aliphatic rings. The topological polar surface area (TPSA) is 64.1 Å². The molecule has 1 N–H and O–H groups in total. The molecule has 1 aromatic carbocycles. The summed E-state index contributed by atoms with van der Waals surface area (Å²) in [6.07, 6.45) is 0.826. The lowest BCUT2D eigenvalue weighted by atomic mass is 10.1. The maximum Gasteiger partial charge on any atom is 0.329 e. The van der Waals surface area contributed by atoms with Gasteiger partial charge in [-0.15, -0.1) is 0 Å². The zero-order valence-electron chi connectivity index (χ0n) is 11.2. The van der Waals surface area contributed by atoms with E-state index in [1.54, 1.807) is 6.92 Å². The smallest absolute Gasteiger partial charge is 0.329 e. The first-order chi connectivity index (χ1) is 9.97. The molecule has 0 spiro atoms. The molecule has 1 aromatic heterocycles. The zero-order chi connectivity index (χ0) is 15.1. The number of H-pyrrole nitrogens is 1. The van der Waals surface area contributed by atoms with E-state index >= 15 is 0 Å². The summed E-state index contributed by atoms with van der Waals surface area (Å²) < 4.78 is 7.65. The lowest BCUT2D eigenvalue weighted by Crippen LogP contribution is -2.37. The van der Waals surface area contributed by atoms with E-state index in [0.29, 0.717) is 12.2 Å². The molecule has 0 atom stereocenters. The van der Waals surface area contributed by atoms with Gasteiger partial charge in [0.1, 0.15) is 10.9 Å². The Bertz CT molecular complexity index is 841. The van der Waals surface area contributed by atoms with Gasteiger partial charge in [-0.1, -0.05) is 27.5 Å². The minimum absolute atomic E-state index is 0.0805. The molecule has 0 aliphatic carbocycles. The van der Waals surface area contributed by atoms with Gasteiger partial charge in [0.15, 0.2) is 0 Å². The van der Waals surface area contributed by atoms with Crippen LogP contribution in [0.3, 0.4) is 0 Å². The number of benzene rings is 1. The van der Waals surface area contributed by atoms with Crippen molar-refractivity contribution in [3.8, 4) is 5.75 Å². The van der Waals surface area contributed by atoms with Gasteiger partial charge in [0.25, 0.3) is 5.56 Å². The van der Waals surface area contributed by atoms with E-state index in [9.17, 15) is 9.59 Å². The first kappa shape index (κ1) is 14.4. The van der Waals surface area contributed by atoms with Crippen molar-refractivity contribution in [2.45, 2.75) is 19.9 Å². The van der Waals surface area contributed by atoms with Crippen LogP contribution in [0, 0.1) is 6.92 Å². The van der Waals surface area contributed by atoms with Crippen molar-refractivity contribution in [3.63, 3.8) is 0 Å². The van der Waals surface area contributed by atoms with Crippen molar-refractivity contribution in [2.75, 3.05) is 6.61 Å². The van der Waals surface area contributed by atoms with Gasteiger partial charge in [-0.05, 0) is 24.6 Å². The van der Waals surface area contributed by atoms with Crippen LogP contribution in [0.2, 0.25) is 5.15 Å². The predicted molar refractivity (Wildman–Crippen MR) is 83.5 cm³/mol. The molecule has 110 valence electrons. The fraction of sp³-hybridized carbons (Fsp3) is 0.286. The molecule has 0 amide bonds. The molecule has 0 saturated heterocycles. The van der Waals surface area contributed by atoms with E-state index in [1.807, 2.05) is 12.1 Å². The van der Waals surface area contributed by atoms with E-state index < -0.39 is 11.2 Å². The molecule has 0 radical (unpaired) electrons. The van der Waals surface area contributed by atoms with Crippen LogP contribution in [-0.4, -0.2) is 16.2 Å². The second kappa shape index (κ2) is 5.35. The molecule has 0 fully saturated rings. The number of ether oxygens (including phenoxy) is 1. The highest BCUT2D eigenvalue weighted by molar-refractivity contribution is 9.10. The fourth-order valence-corrected chi connectivity index (χ4v) is 3.14. The van der Waals surface area contributed by atoms with Crippen LogP contribution in [0.15, 0.2) is 26.2 Å². The number of hydrogen-bond donors (Lipinski definition) is 1. The van der Waals surface area contributed by atoms with Crippen molar-refractivity contribution in [3.05, 3.63) is 59.3 Å². The van der Waals surface area contributed by atoms with Crippen LogP contribution < -0.4 is 16.0 Å². The van der Waals surface area contributed by atoms with Crippen LogP contribution in [0.5, 0.6) is 5.75 Å². The normalized spacial score (nSPS) is 13.1. The highest BCUT2D eigenvalue weighted by Gasteiger charge is 2.19. The third kappa shape index (κ3) is 2.53. The summed E-state index contributed by atoms with van der Waals surface area (Å²) in [4.78, 5) is 26.6. The third-order valence-corrected chi connectivity index (χ3v) is 4.35. The summed E-state index contributed by atoms with van der Waals surface area (Å²) in [5, 5.41) is 0.0805. The second-order valence-electron chi connectivity index (χ2n) is 4.91. The molecule has 7 heteroatoms. The summed E-state index contributed by atoms with van der Waals surface area (Å²) in [5.74, 6) is 0.761. The molecular formula is C14H12BrClN2O3. The SMILES string of the molecule is Cc1c(Cl)[nH]c(=O)n(Cc2cc(Br)cc3c2OCC3)c1=O. The van der Waals surface area contributed by atoms with Gasteiger partial charge in [-0.25, -0.2) is 4.79 Å². The lowest BCUT2D eigenvalue weighted by molar-refractivity contribution is 0.352. The maximum atomic E-state index is 12.2. The van der Waals surface area contributed by atoms with Gasteiger partial charge in [-0.2, -0.15) is 0 Å². The van der Waals surface area contributed by atoms with Gasteiger partial charge in [-0.3, -0.25) is 14.3 Å². The maximum absolute atomic E-state index is 12.2. The molecule has 1 aliphatic heterocycles. The van der Waals surface area contributed by atoms with E-state index in [1.165, 1.54) is 0 Å². The number of fused-ring (bicyclic) bond motifs is 1. The van der Waals surface area contributed by atoms with Gasteiger partial charge < -0.3 is 4.74 Å². The average Bonchev–Trinajstić information content (AvgIpc) is 2.89. The molecule has 0 unspecified atom stereocenters. The predicted octanol–water partition coefficient (Wildman–Crippen LogP) is 2.24. The zero-order valence-corrected chi connectivity index (χ0v) is 13.5. The first-order valence-electron chi connectivity index (χ1n) is 6.40. The minimum atomic E-state index is -0.526. The summed E-state index contributed by atoms with van der Waals surface area (Å²) in [5.41, 5.74) is 1.28. The third-order valence-electron chi connectivity index (χ3n) is 3.51. The molecule has 0 saturated carbocycles. The van der Waals surface area contributed by atoms with E-state index in [0.717, 1.165) is 32.3 Å². The quantitative estimate of drug-likeness (QED) is 0.824. The summed E-state index contributed by atoms with van der Waals surface area (Å²) in [6, 6.07) is 3.85. The molecule has 2 aromatic rings. The van der Waals surface area contributed by atoms with Crippen LogP contribution >= 0.6 is 27.5 Å². The van der Waals surface area contributed by atoms with Crippen LogP contribution in [0.25, 0.3) is 0 Å². The van der Waals surface area contributed by atoms with E-state index in [2.05, 4.69) is 20.9 Å². The lowest BCUT2D eigenvalue weighted by Gasteiger charge is -2.11.